The van der Waals surface area contributed by atoms with E-state index in [1.165, 1.54) is 12.1 Å². The first-order valence-corrected chi connectivity index (χ1v) is 7.35. The van der Waals surface area contributed by atoms with Crippen LogP contribution in [-0.4, -0.2) is 30.3 Å². The number of carboxylic acid groups (broad SMARTS) is 1. The summed E-state index contributed by atoms with van der Waals surface area (Å²) in [5.41, 5.74) is 6.28. The number of hydrogen-bond donors (Lipinski definition) is 2. The zero-order chi connectivity index (χ0) is 16.4. The quantitative estimate of drug-likeness (QED) is 0.596. The second-order valence-electron chi connectivity index (χ2n) is 3.58. The van der Waals surface area contributed by atoms with Crippen LogP contribution in [0.15, 0.2) is 16.6 Å². The van der Waals surface area contributed by atoms with E-state index in [0.29, 0.717) is 15.8 Å². The van der Waals surface area contributed by atoms with E-state index < -0.39 is 11.9 Å². The number of aliphatic carboxylic acids is 1. The highest BCUT2D eigenvalue weighted by molar-refractivity contribution is 9.10. The average Bonchev–Trinajstić information content (AvgIpc) is 2.44. The number of nitrogen functional groups attached to an aromatic ring is 1. The zero-order valence-corrected chi connectivity index (χ0v) is 13.9. The molecule has 1 aromatic carbocycles. The van der Waals surface area contributed by atoms with E-state index in [1.807, 2.05) is 13.8 Å². The van der Waals surface area contributed by atoms with Crippen molar-refractivity contribution in [3.8, 4) is 5.75 Å². The molecule has 0 aliphatic carbocycles. The third kappa shape index (κ3) is 6.48. The molecule has 0 aromatic heterocycles. The fourth-order valence-electron chi connectivity index (χ4n) is 1.31. The maximum Gasteiger partial charge on any atom is 0.339 e. The predicted octanol–water partition coefficient (Wildman–Crippen LogP) is 3.09. The first-order valence-electron chi connectivity index (χ1n) is 6.56. The van der Waals surface area contributed by atoms with Crippen LogP contribution in [0.1, 0.15) is 37.6 Å². The van der Waals surface area contributed by atoms with Crippen molar-refractivity contribution in [3.63, 3.8) is 0 Å². The second-order valence-corrected chi connectivity index (χ2v) is 4.44. The van der Waals surface area contributed by atoms with Crippen molar-refractivity contribution >= 4 is 33.6 Å². The van der Waals surface area contributed by atoms with Crippen LogP contribution >= 0.6 is 15.9 Å². The maximum absolute atomic E-state index is 11.6. The number of benzene rings is 1. The molecule has 7 heteroatoms. The normalized spacial score (nSPS) is 9.33. The average molecular weight is 362 g/mol. The van der Waals surface area contributed by atoms with E-state index in [4.69, 9.17) is 20.3 Å². The van der Waals surface area contributed by atoms with Crippen LogP contribution in [0.25, 0.3) is 0 Å². The van der Waals surface area contributed by atoms with Crippen molar-refractivity contribution in [3.05, 3.63) is 22.2 Å². The van der Waals surface area contributed by atoms with Gasteiger partial charge in [-0.2, -0.15) is 0 Å². The number of carboxylic acids is 1. The molecule has 21 heavy (non-hydrogen) atoms. The Kier molecular flexibility index (Phi) is 9.20. The van der Waals surface area contributed by atoms with E-state index in [0.717, 1.165) is 0 Å². The molecule has 0 aliphatic rings. The molecule has 0 radical (unpaired) electrons. The van der Waals surface area contributed by atoms with Gasteiger partial charge in [0, 0.05) is 4.47 Å². The number of hydrogen-bond acceptors (Lipinski definition) is 5. The SMILES string of the molecule is CC.CCOC(=O)c1cc(N)c(OCCC(=O)O)cc1Br. The Balaban J connectivity index is 0.00000191. The number of anilines is 1. The number of rotatable bonds is 6. The van der Waals surface area contributed by atoms with Gasteiger partial charge in [0.05, 0.1) is 30.9 Å². The molecular weight excluding hydrogens is 342 g/mol. The predicted molar refractivity (Wildman–Crippen MR) is 83.6 cm³/mol. The van der Waals surface area contributed by atoms with Crippen LogP contribution in [0.4, 0.5) is 5.69 Å². The largest absolute Gasteiger partial charge is 0.491 e. The molecule has 0 amide bonds. The van der Waals surface area contributed by atoms with Gasteiger partial charge >= 0.3 is 11.9 Å². The Hall–Kier alpha value is -1.76. The minimum absolute atomic E-state index is 0.00469. The lowest BCUT2D eigenvalue weighted by atomic mass is 10.2. The Morgan fingerprint density at radius 1 is 1.33 bits per heavy atom. The summed E-state index contributed by atoms with van der Waals surface area (Å²) < 4.78 is 10.6. The van der Waals surface area contributed by atoms with Gasteiger partial charge < -0.3 is 20.3 Å². The van der Waals surface area contributed by atoms with Crippen molar-refractivity contribution in [2.24, 2.45) is 0 Å². The van der Waals surface area contributed by atoms with Crippen LogP contribution in [-0.2, 0) is 9.53 Å². The molecule has 0 saturated heterocycles. The molecule has 0 bridgehead atoms. The monoisotopic (exact) mass is 361 g/mol. The Morgan fingerprint density at radius 2 is 1.95 bits per heavy atom. The van der Waals surface area contributed by atoms with E-state index in [9.17, 15) is 9.59 Å². The van der Waals surface area contributed by atoms with Crippen molar-refractivity contribution in [2.45, 2.75) is 27.2 Å². The summed E-state index contributed by atoms with van der Waals surface area (Å²) in [6, 6.07) is 2.95. The van der Waals surface area contributed by atoms with Gasteiger partial charge in [0.1, 0.15) is 5.75 Å². The Bertz CT molecular complexity index is 490. The van der Waals surface area contributed by atoms with E-state index >= 15 is 0 Å². The fraction of sp³-hybridized carbons (Fsp3) is 0.429. The fourth-order valence-corrected chi connectivity index (χ4v) is 1.79. The number of ether oxygens (including phenoxy) is 2. The topological polar surface area (TPSA) is 98.9 Å². The van der Waals surface area contributed by atoms with Crippen molar-refractivity contribution < 1.29 is 24.2 Å². The summed E-state index contributed by atoms with van der Waals surface area (Å²) in [5.74, 6) is -1.12. The van der Waals surface area contributed by atoms with Crippen LogP contribution < -0.4 is 10.5 Å². The van der Waals surface area contributed by atoms with Gasteiger partial charge in [-0.3, -0.25) is 4.79 Å². The van der Waals surface area contributed by atoms with Crippen molar-refractivity contribution in [1.29, 1.82) is 0 Å². The number of esters is 1. The van der Waals surface area contributed by atoms with E-state index in [2.05, 4.69) is 15.9 Å². The molecule has 0 aliphatic heterocycles. The molecule has 6 nitrogen and oxygen atoms in total. The van der Waals surface area contributed by atoms with Gasteiger partial charge in [0.2, 0.25) is 0 Å². The molecule has 1 aromatic rings. The molecule has 0 saturated carbocycles. The summed E-state index contributed by atoms with van der Waals surface area (Å²) in [6.45, 7) is 5.98. The molecule has 0 atom stereocenters. The number of carbonyl (C=O) groups excluding carboxylic acids is 1. The standard InChI is InChI=1S/C12H14BrNO5.C2H6/c1-2-18-12(17)7-5-9(14)10(6-8(7)13)19-4-3-11(15)16;1-2/h5-6H,2-4,14H2,1H3,(H,15,16);1-2H3. The lowest BCUT2D eigenvalue weighted by Crippen LogP contribution is -2.09. The van der Waals surface area contributed by atoms with Gasteiger partial charge in [-0.15, -0.1) is 0 Å². The molecule has 0 heterocycles. The van der Waals surface area contributed by atoms with Crippen LogP contribution in [0.5, 0.6) is 5.75 Å². The summed E-state index contributed by atoms with van der Waals surface area (Å²) in [6.07, 6.45) is -0.128. The zero-order valence-electron chi connectivity index (χ0n) is 12.3. The maximum atomic E-state index is 11.6. The second kappa shape index (κ2) is 10.0. The third-order valence-electron chi connectivity index (χ3n) is 2.17. The van der Waals surface area contributed by atoms with Gasteiger partial charge in [0.25, 0.3) is 0 Å². The first-order chi connectivity index (χ1) is 9.95. The molecule has 0 fully saturated rings. The van der Waals surface area contributed by atoms with Gasteiger partial charge in [-0.25, -0.2) is 4.79 Å². The van der Waals surface area contributed by atoms with Crippen LogP contribution in [0, 0.1) is 0 Å². The van der Waals surface area contributed by atoms with Crippen LogP contribution in [0.2, 0.25) is 0 Å². The summed E-state index contributed by atoms with van der Waals surface area (Å²) >= 11 is 3.22. The smallest absolute Gasteiger partial charge is 0.339 e. The van der Waals surface area contributed by atoms with E-state index in [1.54, 1.807) is 6.92 Å². The highest BCUT2D eigenvalue weighted by atomic mass is 79.9. The molecule has 118 valence electrons. The Morgan fingerprint density at radius 3 is 2.48 bits per heavy atom. The highest BCUT2D eigenvalue weighted by Gasteiger charge is 2.15. The van der Waals surface area contributed by atoms with E-state index in [-0.39, 0.29) is 25.3 Å². The highest BCUT2D eigenvalue weighted by Crippen LogP contribution is 2.30. The lowest BCUT2D eigenvalue weighted by Gasteiger charge is -2.11. The van der Waals surface area contributed by atoms with Crippen LogP contribution in [0.3, 0.4) is 0 Å². The Labute approximate surface area is 132 Å². The molecule has 3 N–H and O–H groups in total. The number of nitrogens with two attached hydrogens (primary N) is 1. The number of halogens is 1. The van der Waals surface area contributed by atoms with Crippen molar-refractivity contribution in [2.75, 3.05) is 18.9 Å². The van der Waals surface area contributed by atoms with Crippen molar-refractivity contribution in [1.82, 2.24) is 0 Å². The van der Waals surface area contributed by atoms with Gasteiger partial charge in [0.15, 0.2) is 0 Å². The molecule has 0 spiro atoms. The summed E-state index contributed by atoms with van der Waals surface area (Å²) in [5, 5.41) is 8.51. The van der Waals surface area contributed by atoms with Gasteiger partial charge in [-0.1, -0.05) is 13.8 Å². The first kappa shape index (κ1) is 19.2. The molecule has 0 unspecified atom stereocenters. The minimum Gasteiger partial charge on any atom is -0.491 e. The summed E-state index contributed by atoms with van der Waals surface area (Å²) in [4.78, 5) is 22.0. The summed E-state index contributed by atoms with van der Waals surface area (Å²) in [7, 11) is 0. The number of carbonyl (C=O) groups is 2. The molecule has 1 rings (SSSR count). The third-order valence-corrected chi connectivity index (χ3v) is 2.82. The molecular formula is C14H20BrNO5. The van der Waals surface area contributed by atoms with Gasteiger partial charge in [-0.05, 0) is 35.0 Å². The lowest BCUT2D eigenvalue weighted by molar-refractivity contribution is -0.137. The minimum atomic E-state index is -0.958.